The van der Waals surface area contributed by atoms with Gasteiger partial charge in [-0.25, -0.2) is 4.68 Å². The van der Waals surface area contributed by atoms with Crippen molar-refractivity contribution in [2.75, 3.05) is 20.2 Å². The molecular weight excluding hydrogens is 440 g/mol. The summed E-state index contributed by atoms with van der Waals surface area (Å²) in [7, 11) is 1.60. The Morgan fingerprint density at radius 1 is 0.943 bits per heavy atom. The van der Waals surface area contributed by atoms with Gasteiger partial charge in [-0.05, 0) is 48.9 Å². The number of amides is 2. The van der Waals surface area contributed by atoms with Gasteiger partial charge in [0.1, 0.15) is 11.4 Å². The second-order valence-corrected chi connectivity index (χ2v) is 7.98. The van der Waals surface area contributed by atoms with E-state index in [1.807, 2.05) is 91.9 Å². The number of ether oxygens (including phenoxy) is 1. The lowest BCUT2D eigenvalue weighted by Crippen LogP contribution is -2.39. The number of benzene rings is 3. The fraction of sp³-hybridized carbons (Fsp3) is 0.179. The average Bonchev–Trinajstić information content (AvgIpc) is 3.37. The van der Waals surface area contributed by atoms with Gasteiger partial charge in [-0.3, -0.25) is 9.59 Å². The number of hydrogen-bond acceptors (Lipinski definition) is 4. The van der Waals surface area contributed by atoms with Gasteiger partial charge in [0, 0.05) is 24.8 Å². The number of methoxy groups -OCH3 is 1. The third kappa shape index (κ3) is 5.76. The molecule has 7 nitrogen and oxygen atoms in total. The molecule has 2 amide bonds. The minimum absolute atomic E-state index is 0.0991. The molecule has 0 aliphatic rings. The molecule has 1 heterocycles. The lowest BCUT2D eigenvalue weighted by Gasteiger charge is -2.21. The van der Waals surface area contributed by atoms with E-state index in [0.717, 1.165) is 16.8 Å². The highest BCUT2D eigenvalue weighted by molar-refractivity contribution is 6.01. The van der Waals surface area contributed by atoms with Gasteiger partial charge in [0.15, 0.2) is 0 Å². The zero-order chi connectivity index (χ0) is 24.6. The summed E-state index contributed by atoms with van der Waals surface area (Å²) in [5.41, 5.74) is 3.56. The van der Waals surface area contributed by atoms with Crippen LogP contribution in [0.15, 0.2) is 91.1 Å². The second kappa shape index (κ2) is 11.2. The molecule has 0 bridgehead atoms. The topological polar surface area (TPSA) is 76.5 Å². The van der Waals surface area contributed by atoms with E-state index in [9.17, 15) is 9.59 Å². The van der Waals surface area contributed by atoms with Gasteiger partial charge in [-0.2, -0.15) is 5.10 Å². The van der Waals surface area contributed by atoms with Crippen LogP contribution in [0, 0.1) is 0 Å². The summed E-state index contributed by atoms with van der Waals surface area (Å²) >= 11 is 0. The molecule has 35 heavy (non-hydrogen) atoms. The van der Waals surface area contributed by atoms with Gasteiger partial charge in [0.25, 0.3) is 5.91 Å². The van der Waals surface area contributed by atoms with Crippen LogP contribution in [0.1, 0.15) is 22.8 Å². The summed E-state index contributed by atoms with van der Waals surface area (Å²) in [5, 5.41) is 7.47. The Bertz CT molecular complexity index is 1270. The van der Waals surface area contributed by atoms with Crippen molar-refractivity contribution in [2.45, 2.75) is 13.5 Å². The van der Waals surface area contributed by atoms with E-state index >= 15 is 0 Å². The van der Waals surface area contributed by atoms with Crippen molar-refractivity contribution in [2.24, 2.45) is 0 Å². The predicted octanol–water partition coefficient (Wildman–Crippen LogP) is 4.33. The van der Waals surface area contributed by atoms with Gasteiger partial charge in [0.2, 0.25) is 5.91 Å². The van der Waals surface area contributed by atoms with E-state index < -0.39 is 0 Å². The molecule has 0 aliphatic carbocycles. The summed E-state index contributed by atoms with van der Waals surface area (Å²) in [6, 6.07) is 26.7. The Balaban J connectivity index is 1.54. The summed E-state index contributed by atoms with van der Waals surface area (Å²) in [6.07, 6.45) is 1.69. The minimum Gasteiger partial charge on any atom is -0.497 e. The van der Waals surface area contributed by atoms with Crippen molar-refractivity contribution in [1.29, 1.82) is 0 Å². The Morgan fingerprint density at radius 3 is 2.23 bits per heavy atom. The highest BCUT2D eigenvalue weighted by atomic mass is 16.5. The van der Waals surface area contributed by atoms with Crippen molar-refractivity contribution in [3.63, 3.8) is 0 Å². The third-order valence-corrected chi connectivity index (χ3v) is 5.69. The first-order valence-electron chi connectivity index (χ1n) is 11.5. The summed E-state index contributed by atoms with van der Waals surface area (Å²) < 4.78 is 6.92. The molecule has 0 fully saturated rings. The van der Waals surface area contributed by atoms with Crippen LogP contribution in [-0.4, -0.2) is 46.7 Å². The van der Waals surface area contributed by atoms with Crippen molar-refractivity contribution in [3.05, 3.63) is 102 Å². The SMILES string of the molecule is CCN(Cc1ccccc1)C(=O)CNC(=O)c1cn(-c2ccccc2)nc1-c1ccc(OC)cc1. The average molecular weight is 469 g/mol. The molecule has 4 aromatic rings. The molecule has 3 aromatic carbocycles. The number of carbonyl (C=O) groups is 2. The Kier molecular flexibility index (Phi) is 7.57. The minimum atomic E-state index is -0.359. The van der Waals surface area contributed by atoms with Gasteiger partial charge in [-0.15, -0.1) is 0 Å². The van der Waals surface area contributed by atoms with Crippen LogP contribution in [-0.2, 0) is 11.3 Å². The van der Waals surface area contributed by atoms with Crippen LogP contribution in [0.3, 0.4) is 0 Å². The van der Waals surface area contributed by atoms with Crippen LogP contribution >= 0.6 is 0 Å². The van der Waals surface area contributed by atoms with E-state index in [2.05, 4.69) is 10.4 Å². The highest BCUT2D eigenvalue weighted by Crippen LogP contribution is 2.26. The molecule has 4 rings (SSSR count). The van der Waals surface area contributed by atoms with Crippen LogP contribution < -0.4 is 10.1 Å². The number of hydrogen-bond donors (Lipinski definition) is 1. The predicted molar refractivity (Wildman–Crippen MR) is 135 cm³/mol. The molecule has 0 aliphatic heterocycles. The molecule has 0 atom stereocenters. The van der Waals surface area contributed by atoms with E-state index in [1.165, 1.54) is 0 Å². The first kappa shape index (κ1) is 23.8. The molecular formula is C28H28N4O3. The maximum Gasteiger partial charge on any atom is 0.255 e. The summed E-state index contributed by atoms with van der Waals surface area (Å²) in [4.78, 5) is 27.8. The number of para-hydroxylation sites is 1. The zero-order valence-electron chi connectivity index (χ0n) is 19.8. The van der Waals surface area contributed by atoms with Crippen molar-refractivity contribution < 1.29 is 14.3 Å². The van der Waals surface area contributed by atoms with Crippen LogP contribution in [0.2, 0.25) is 0 Å². The number of nitrogens with zero attached hydrogens (tertiary/aromatic N) is 3. The van der Waals surface area contributed by atoms with E-state index in [1.54, 1.807) is 22.9 Å². The lowest BCUT2D eigenvalue weighted by atomic mass is 10.1. The number of carbonyl (C=O) groups excluding carboxylic acids is 2. The summed E-state index contributed by atoms with van der Waals surface area (Å²) in [6.45, 7) is 2.87. The maximum absolute atomic E-state index is 13.2. The third-order valence-electron chi connectivity index (χ3n) is 5.69. The molecule has 0 saturated carbocycles. The number of likely N-dealkylation sites (N-methyl/N-ethyl adjacent to an activating group) is 1. The van der Waals surface area contributed by atoms with Crippen molar-refractivity contribution >= 4 is 11.8 Å². The fourth-order valence-electron chi connectivity index (χ4n) is 3.76. The molecule has 7 heteroatoms. The van der Waals surface area contributed by atoms with Crippen molar-refractivity contribution in [1.82, 2.24) is 20.0 Å². The summed E-state index contributed by atoms with van der Waals surface area (Å²) in [5.74, 6) is 0.208. The Morgan fingerprint density at radius 2 is 1.60 bits per heavy atom. The molecule has 0 spiro atoms. The second-order valence-electron chi connectivity index (χ2n) is 7.98. The Hall–Kier alpha value is -4.39. The smallest absolute Gasteiger partial charge is 0.255 e. The normalized spacial score (nSPS) is 10.6. The number of rotatable bonds is 9. The van der Waals surface area contributed by atoms with E-state index in [4.69, 9.17) is 4.74 Å². The van der Waals surface area contributed by atoms with Crippen LogP contribution in [0.4, 0.5) is 0 Å². The molecule has 1 N–H and O–H groups in total. The van der Waals surface area contributed by atoms with E-state index in [-0.39, 0.29) is 18.4 Å². The maximum atomic E-state index is 13.2. The van der Waals surface area contributed by atoms with Crippen LogP contribution in [0.25, 0.3) is 16.9 Å². The zero-order valence-corrected chi connectivity index (χ0v) is 19.8. The molecule has 178 valence electrons. The first-order valence-corrected chi connectivity index (χ1v) is 11.5. The lowest BCUT2D eigenvalue weighted by molar-refractivity contribution is -0.130. The number of aromatic nitrogens is 2. The molecule has 1 aromatic heterocycles. The fourth-order valence-corrected chi connectivity index (χ4v) is 3.76. The molecule has 0 radical (unpaired) electrons. The molecule has 0 saturated heterocycles. The van der Waals surface area contributed by atoms with Crippen LogP contribution in [0.5, 0.6) is 5.75 Å². The quantitative estimate of drug-likeness (QED) is 0.397. The largest absolute Gasteiger partial charge is 0.497 e. The van der Waals surface area contributed by atoms with Gasteiger partial charge >= 0.3 is 0 Å². The monoisotopic (exact) mass is 468 g/mol. The number of nitrogens with one attached hydrogen (secondary N) is 1. The molecule has 0 unspecified atom stereocenters. The van der Waals surface area contributed by atoms with Crippen molar-refractivity contribution in [3.8, 4) is 22.7 Å². The standard InChI is InChI=1S/C28H28N4O3/c1-3-31(19-21-10-6-4-7-11-21)26(33)18-29-28(34)25-20-32(23-12-8-5-9-13-23)30-27(25)22-14-16-24(35-2)17-15-22/h4-17,20H,3,18-19H2,1-2H3,(H,29,34). The Labute approximate surface area is 205 Å². The first-order chi connectivity index (χ1) is 17.1. The van der Waals surface area contributed by atoms with Gasteiger partial charge in [0.05, 0.1) is 24.9 Å². The van der Waals surface area contributed by atoms with Gasteiger partial charge in [-0.1, -0.05) is 48.5 Å². The highest BCUT2D eigenvalue weighted by Gasteiger charge is 2.20. The van der Waals surface area contributed by atoms with Gasteiger partial charge < -0.3 is 15.0 Å². The van der Waals surface area contributed by atoms with E-state index in [0.29, 0.717) is 30.1 Å².